The third-order valence-corrected chi connectivity index (χ3v) is 3.16. The minimum atomic E-state index is -0.213. The van der Waals surface area contributed by atoms with Crippen LogP contribution >= 0.6 is 35.6 Å². The van der Waals surface area contributed by atoms with Crippen molar-refractivity contribution in [1.29, 1.82) is 0 Å². The monoisotopic (exact) mass is 310 g/mol. The third kappa shape index (κ3) is 4.65. The van der Waals surface area contributed by atoms with E-state index in [9.17, 15) is 4.79 Å². The number of rotatable bonds is 4. The maximum atomic E-state index is 11.7. The summed E-state index contributed by atoms with van der Waals surface area (Å²) in [6, 6.07) is 4.99. The molecule has 0 saturated carbocycles. The lowest BCUT2D eigenvalue weighted by atomic mass is 10.1. The van der Waals surface area contributed by atoms with Crippen LogP contribution in [0.25, 0.3) is 0 Å². The number of nitrogens with one attached hydrogen (secondary N) is 1. The molecule has 1 amide bonds. The standard InChI is InChI=1S/C12H16Cl2N2O.ClH/c1-7(6-15)12(17)16-8(2)10-5-9(13)3-4-11(10)14;/h3-5,7-8H,6,15H2,1-2H3,(H,16,17);1H. The lowest BCUT2D eigenvalue weighted by Crippen LogP contribution is -2.35. The molecule has 0 radical (unpaired) electrons. The van der Waals surface area contributed by atoms with Crippen LogP contribution in [0.4, 0.5) is 0 Å². The van der Waals surface area contributed by atoms with E-state index in [0.29, 0.717) is 16.6 Å². The van der Waals surface area contributed by atoms with Crippen molar-refractivity contribution < 1.29 is 4.79 Å². The molecule has 0 aliphatic rings. The van der Waals surface area contributed by atoms with Gasteiger partial charge in [-0.25, -0.2) is 0 Å². The normalized spacial score (nSPS) is 13.4. The van der Waals surface area contributed by atoms with E-state index >= 15 is 0 Å². The molecule has 6 heteroatoms. The number of carbonyl (C=O) groups excluding carboxylic acids is 1. The van der Waals surface area contributed by atoms with Crippen molar-refractivity contribution in [3.63, 3.8) is 0 Å². The zero-order chi connectivity index (χ0) is 13.0. The summed E-state index contributed by atoms with van der Waals surface area (Å²) in [6.45, 7) is 3.96. The molecule has 0 saturated heterocycles. The summed E-state index contributed by atoms with van der Waals surface area (Å²) in [7, 11) is 0. The topological polar surface area (TPSA) is 55.1 Å². The van der Waals surface area contributed by atoms with Crippen LogP contribution in [0, 0.1) is 5.92 Å². The summed E-state index contributed by atoms with van der Waals surface area (Å²) >= 11 is 11.9. The molecule has 0 aromatic heterocycles. The quantitative estimate of drug-likeness (QED) is 0.897. The average Bonchev–Trinajstić information content (AvgIpc) is 2.30. The van der Waals surface area contributed by atoms with Crippen LogP contribution in [0.15, 0.2) is 18.2 Å². The highest BCUT2D eigenvalue weighted by atomic mass is 35.5. The molecule has 0 bridgehead atoms. The molecule has 0 spiro atoms. The van der Waals surface area contributed by atoms with Crippen molar-refractivity contribution in [3.8, 4) is 0 Å². The lowest BCUT2D eigenvalue weighted by molar-refractivity contribution is -0.124. The molecule has 0 aliphatic carbocycles. The van der Waals surface area contributed by atoms with Gasteiger partial charge in [-0.15, -0.1) is 12.4 Å². The molecular weight excluding hydrogens is 295 g/mol. The molecule has 1 aromatic carbocycles. The van der Waals surface area contributed by atoms with Crippen LogP contribution in [0.1, 0.15) is 25.5 Å². The van der Waals surface area contributed by atoms with Crippen molar-refractivity contribution in [2.45, 2.75) is 19.9 Å². The Morgan fingerprint density at radius 3 is 2.56 bits per heavy atom. The van der Waals surface area contributed by atoms with Gasteiger partial charge in [0, 0.05) is 22.5 Å². The second-order valence-corrected chi connectivity index (χ2v) is 4.88. The first kappa shape index (κ1) is 17.5. The molecule has 0 fully saturated rings. The van der Waals surface area contributed by atoms with E-state index in [4.69, 9.17) is 28.9 Å². The Morgan fingerprint density at radius 1 is 1.39 bits per heavy atom. The van der Waals surface area contributed by atoms with Crippen LogP contribution in [0.3, 0.4) is 0 Å². The highest BCUT2D eigenvalue weighted by Crippen LogP contribution is 2.26. The molecule has 18 heavy (non-hydrogen) atoms. The Morgan fingerprint density at radius 2 is 2.00 bits per heavy atom. The SMILES string of the molecule is CC(CN)C(=O)NC(C)c1cc(Cl)ccc1Cl.Cl. The Kier molecular flexibility index (Phi) is 7.64. The fourth-order valence-corrected chi connectivity index (χ4v) is 1.85. The van der Waals surface area contributed by atoms with Gasteiger partial charge in [0.05, 0.1) is 6.04 Å². The van der Waals surface area contributed by atoms with Crippen LogP contribution in [0.2, 0.25) is 10.0 Å². The van der Waals surface area contributed by atoms with Gasteiger partial charge in [-0.1, -0.05) is 30.1 Å². The largest absolute Gasteiger partial charge is 0.349 e. The van der Waals surface area contributed by atoms with E-state index in [1.807, 2.05) is 6.92 Å². The minimum Gasteiger partial charge on any atom is -0.349 e. The summed E-state index contributed by atoms with van der Waals surface area (Å²) in [4.78, 5) is 11.7. The third-order valence-electron chi connectivity index (χ3n) is 2.58. The van der Waals surface area contributed by atoms with Crippen LogP contribution in [-0.2, 0) is 4.79 Å². The van der Waals surface area contributed by atoms with Crippen LogP contribution < -0.4 is 11.1 Å². The summed E-state index contributed by atoms with van der Waals surface area (Å²) < 4.78 is 0. The highest BCUT2D eigenvalue weighted by molar-refractivity contribution is 6.33. The predicted molar refractivity (Wildman–Crippen MR) is 78.5 cm³/mol. The second-order valence-electron chi connectivity index (χ2n) is 4.03. The first-order valence-corrected chi connectivity index (χ1v) is 6.16. The van der Waals surface area contributed by atoms with Gasteiger partial charge < -0.3 is 11.1 Å². The van der Waals surface area contributed by atoms with Gasteiger partial charge in [0.1, 0.15) is 0 Å². The zero-order valence-corrected chi connectivity index (χ0v) is 12.6. The van der Waals surface area contributed by atoms with Crippen LogP contribution in [0.5, 0.6) is 0 Å². The van der Waals surface area contributed by atoms with E-state index in [0.717, 1.165) is 5.56 Å². The highest BCUT2D eigenvalue weighted by Gasteiger charge is 2.16. The van der Waals surface area contributed by atoms with Gasteiger partial charge in [-0.3, -0.25) is 4.79 Å². The Balaban J connectivity index is 0.00000289. The lowest BCUT2D eigenvalue weighted by Gasteiger charge is -2.18. The maximum Gasteiger partial charge on any atom is 0.224 e. The van der Waals surface area contributed by atoms with Crippen LogP contribution in [-0.4, -0.2) is 12.5 Å². The maximum absolute atomic E-state index is 11.7. The molecule has 0 aliphatic heterocycles. The summed E-state index contributed by atoms with van der Waals surface area (Å²) in [5.41, 5.74) is 6.24. The number of nitrogens with two attached hydrogens (primary N) is 1. The summed E-state index contributed by atoms with van der Waals surface area (Å²) in [5, 5.41) is 4.03. The van der Waals surface area contributed by atoms with Gasteiger partial charge in [0.15, 0.2) is 0 Å². The summed E-state index contributed by atoms with van der Waals surface area (Å²) in [5.74, 6) is -0.300. The van der Waals surface area contributed by atoms with Crippen molar-refractivity contribution in [2.24, 2.45) is 11.7 Å². The van der Waals surface area contributed by atoms with Gasteiger partial charge in [0.2, 0.25) is 5.91 Å². The van der Waals surface area contributed by atoms with E-state index in [1.165, 1.54) is 0 Å². The number of amides is 1. The van der Waals surface area contributed by atoms with Crippen molar-refractivity contribution in [1.82, 2.24) is 5.32 Å². The molecular formula is C12H17Cl3N2O. The van der Waals surface area contributed by atoms with E-state index in [1.54, 1.807) is 25.1 Å². The van der Waals surface area contributed by atoms with E-state index < -0.39 is 0 Å². The zero-order valence-electron chi connectivity index (χ0n) is 10.2. The first-order chi connectivity index (χ1) is 7.95. The molecule has 0 heterocycles. The number of carbonyl (C=O) groups is 1. The van der Waals surface area contributed by atoms with E-state index in [-0.39, 0.29) is 30.3 Å². The predicted octanol–water partition coefficient (Wildman–Crippen LogP) is 3.19. The molecule has 1 rings (SSSR count). The molecule has 3 nitrogen and oxygen atoms in total. The number of hydrogen-bond acceptors (Lipinski definition) is 2. The number of halogens is 3. The Hall–Kier alpha value is -0.480. The molecule has 2 unspecified atom stereocenters. The fourth-order valence-electron chi connectivity index (χ4n) is 1.39. The fraction of sp³-hybridized carbons (Fsp3) is 0.417. The van der Waals surface area contributed by atoms with Crippen molar-refractivity contribution >= 4 is 41.5 Å². The van der Waals surface area contributed by atoms with E-state index in [2.05, 4.69) is 5.32 Å². The van der Waals surface area contributed by atoms with Gasteiger partial charge in [-0.2, -0.15) is 0 Å². The number of benzene rings is 1. The molecule has 3 N–H and O–H groups in total. The van der Waals surface area contributed by atoms with Gasteiger partial charge >= 0.3 is 0 Å². The first-order valence-electron chi connectivity index (χ1n) is 5.41. The van der Waals surface area contributed by atoms with Crippen molar-refractivity contribution in [3.05, 3.63) is 33.8 Å². The van der Waals surface area contributed by atoms with Gasteiger partial charge in [-0.05, 0) is 30.7 Å². The minimum absolute atomic E-state index is 0. The average molecular weight is 312 g/mol. The Bertz CT molecular complexity index is 412. The Labute approximate surface area is 123 Å². The summed E-state index contributed by atoms with van der Waals surface area (Å²) in [6.07, 6.45) is 0. The second kappa shape index (κ2) is 7.85. The van der Waals surface area contributed by atoms with Gasteiger partial charge in [0.25, 0.3) is 0 Å². The molecule has 1 aromatic rings. The van der Waals surface area contributed by atoms with Crippen molar-refractivity contribution in [2.75, 3.05) is 6.54 Å². The molecule has 2 atom stereocenters. The number of hydrogen-bond donors (Lipinski definition) is 2. The smallest absolute Gasteiger partial charge is 0.224 e. The molecule has 102 valence electrons.